The van der Waals surface area contributed by atoms with Gasteiger partial charge in [-0.2, -0.15) is 11.3 Å². The summed E-state index contributed by atoms with van der Waals surface area (Å²) in [7, 11) is -1.27. The summed E-state index contributed by atoms with van der Waals surface area (Å²) in [6.45, 7) is 12.1. The van der Waals surface area contributed by atoms with E-state index in [0.717, 1.165) is 37.0 Å². The molecule has 0 atom stereocenters. The Kier molecular flexibility index (Phi) is 8.28. The molecule has 6 aromatic rings. The number of thiophene rings is 1. The van der Waals surface area contributed by atoms with Gasteiger partial charge in [0.05, 0.1) is 8.07 Å². The minimum atomic E-state index is -2.80. The molecule has 0 aliphatic heterocycles. The van der Waals surface area contributed by atoms with E-state index < -0.39 is 27.7 Å². The van der Waals surface area contributed by atoms with Crippen LogP contribution < -0.4 is 5.19 Å². The van der Waals surface area contributed by atoms with Crippen molar-refractivity contribution in [3.63, 3.8) is 0 Å². The van der Waals surface area contributed by atoms with Crippen LogP contribution in [0, 0.1) is 19.1 Å². The largest absolute Gasteiger partial charge is 0.305 e. The van der Waals surface area contributed by atoms with Gasteiger partial charge >= 0.3 is 0 Å². The van der Waals surface area contributed by atoms with E-state index >= 15 is 0 Å². The summed E-state index contributed by atoms with van der Waals surface area (Å²) < 4.78 is 57.4. The zero-order valence-electron chi connectivity index (χ0n) is 33.2. The molecule has 44 heavy (non-hydrogen) atoms. The Morgan fingerprint density at radius 2 is 1.75 bits per heavy atom. The number of pyridine rings is 2. The molecule has 0 fully saturated rings. The van der Waals surface area contributed by atoms with Crippen molar-refractivity contribution in [2.75, 3.05) is 0 Å². The molecule has 0 aliphatic carbocycles. The van der Waals surface area contributed by atoms with Crippen molar-refractivity contribution in [3.05, 3.63) is 114 Å². The molecule has 0 N–H and O–H groups in total. The maximum absolute atomic E-state index is 8.30. The van der Waals surface area contributed by atoms with Gasteiger partial charge in [-0.25, -0.2) is 0 Å². The number of hydrogen-bond acceptors (Lipinski definition) is 3. The number of hydrogen-bond donors (Lipinski definition) is 0. The zero-order valence-corrected chi connectivity index (χ0v) is 30.4. The van der Waals surface area contributed by atoms with E-state index in [2.05, 4.69) is 86.9 Å². The van der Waals surface area contributed by atoms with Gasteiger partial charge in [0, 0.05) is 46.8 Å². The van der Waals surface area contributed by atoms with Crippen LogP contribution in [-0.2, 0) is 32.9 Å². The molecule has 0 saturated heterocycles. The van der Waals surface area contributed by atoms with Gasteiger partial charge in [-0.05, 0) is 75.5 Å². The Morgan fingerprint density at radius 3 is 2.41 bits per heavy atom. The molecule has 1 radical (unpaired) electrons. The smallest absolute Gasteiger partial charge is 0.0798 e. The Morgan fingerprint density at radius 1 is 0.932 bits per heavy atom. The van der Waals surface area contributed by atoms with Gasteiger partial charge < -0.3 is 9.97 Å². The molecule has 5 heteroatoms. The first-order valence-electron chi connectivity index (χ1n) is 18.0. The molecule has 0 bridgehead atoms. The molecule has 0 amide bonds. The fourth-order valence-corrected chi connectivity index (χ4v) is 8.31. The van der Waals surface area contributed by atoms with E-state index in [9.17, 15) is 0 Å². The molecule has 229 valence electrons. The minimum Gasteiger partial charge on any atom is -0.305 e. The summed E-state index contributed by atoms with van der Waals surface area (Å²) in [6, 6.07) is 27.2. The number of aryl methyl sites for hydroxylation is 3. The van der Waals surface area contributed by atoms with Crippen molar-refractivity contribution in [2.24, 2.45) is 0 Å². The third-order valence-corrected chi connectivity index (χ3v) is 10.9. The Hall–Kier alpha value is -2.95. The van der Waals surface area contributed by atoms with Crippen molar-refractivity contribution >= 4 is 44.8 Å². The second-order valence-corrected chi connectivity index (χ2v) is 18.1. The van der Waals surface area contributed by atoms with Crippen molar-refractivity contribution in [3.8, 4) is 22.5 Å². The molecule has 3 heterocycles. The molecule has 3 aromatic carbocycles. The third-order valence-electron chi connectivity index (χ3n) is 7.56. The molecule has 6 rings (SSSR count). The standard InChI is InChI=1S/C24H24NS.C15H18NSi.Ir/c1-5-16-10-11-25-22(12-16)19-9-7-8-18-21-14-20(15(3)4)17(6-2)13-23(21)26-24(18)19;1-12-10-14(13-8-6-5-7-9-13)16-11-15(12)17(2,3)4;/h7-8,10-15H,5-6H2,1-4H3;5-8,10-11H,1-4H3;/q2*-1;/i1D3,5D2,6D2;;. The molecule has 3 aromatic heterocycles. The van der Waals surface area contributed by atoms with Crippen LogP contribution in [-0.4, -0.2) is 18.0 Å². The Labute approximate surface area is 292 Å². The van der Waals surface area contributed by atoms with Crippen LogP contribution in [0.2, 0.25) is 19.6 Å². The zero-order chi connectivity index (χ0) is 36.8. The van der Waals surface area contributed by atoms with Crippen LogP contribution in [0.15, 0.2) is 79.1 Å². The average Bonchev–Trinajstić information content (AvgIpc) is 3.41. The first kappa shape index (κ1) is 25.3. The van der Waals surface area contributed by atoms with Crippen molar-refractivity contribution in [1.29, 1.82) is 0 Å². The molecule has 2 nitrogen and oxygen atoms in total. The van der Waals surface area contributed by atoms with Crippen molar-refractivity contribution in [1.82, 2.24) is 9.97 Å². The minimum absolute atomic E-state index is 0. The first-order valence-corrected chi connectivity index (χ1v) is 18.8. The van der Waals surface area contributed by atoms with E-state index in [4.69, 9.17) is 9.60 Å². The van der Waals surface area contributed by atoms with E-state index in [1.807, 2.05) is 30.3 Å². The van der Waals surface area contributed by atoms with Crippen LogP contribution in [0.1, 0.15) is 65.4 Å². The van der Waals surface area contributed by atoms with Gasteiger partial charge in [0.25, 0.3) is 0 Å². The summed E-state index contributed by atoms with van der Waals surface area (Å²) >= 11 is 1.51. The molecule has 0 saturated carbocycles. The van der Waals surface area contributed by atoms with Gasteiger partial charge in [0.1, 0.15) is 0 Å². The Bertz CT molecular complexity index is 2150. The van der Waals surface area contributed by atoms with E-state index in [0.29, 0.717) is 16.8 Å². The van der Waals surface area contributed by atoms with Gasteiger partial charge in [-0.15, -0.1) is 59.7 Å². The van der Waals surface area contributed by atoms with Crippen LogP contribution in [0.25, 0.3) is 42.7 Å². The van der Waals surface area contributed by atoms with Crippen LogP contribution in [0.3, 0.4) is 0 Å². The maximum Gasteiger partial charge on any atom is 0.0798 e. The topological polar surface area (TPSA) is 25.8 Å². The van der Waals surface area contributed by atoms with Crippen molar-refractivity contribution < 1.29 is 29.7 Å². The average molecular weight is 798 g/mol. The van der Waals surface area contributed by atoms with E-state index in [1.165, 1.54) is 40.4 Å². The van der Waals surface area contributed by atoms with Gasteiger partial charge in [-0.1, -0.05) is 82.0 Å². The summed E-state index contributed by atoms with van der Waals surface area (Å²) in [5, 5.41) is 3.45. The Balaban J connectivity index is 0.000000273. The summed E-state index contributed by atoms with van der Waals surface area (Å²) in [5.74, 6) is 0.157. The molecular formula is C39H42IrN2SSi-2. The van der Waals surface area contributed by atoms with Gasteiger partial charge in [0.15, 0.2) is 0 Å². The number of fused-ring (bicyclic) bond motifs is 3. The number of aromatic nitrogens is 2. The predicted molar refractivity (Wildman–Crippen MR) is 190 cm³/mol. The summed E-state index contributed by atoms with van der Waals surface area (Å²) in [4.78, 5) is 8.97. The number of nitrogens with zero attached hydrogens (tertiary/aromatic N) is 2. The van der Waals surface area contributed by atoms with Crippen LogP contribution >= 0.6 is 11.3 Å². The van der Waals surface area contributed by atoms with Crippen LogP contribution in [0.4, 0.5) is 0 Å². The fourth-order valence-electron chi connectivity index (χ4n) is 5.37. The second kappa shape index (κ2) is 14.4. The molecule has 0 unspecified atom stereocenters. The first-order chi connectivity index (χ1) is 23.2. The molecule has 0 spiro atoms. The van der Waals surface area contributed by atoms with Gasteiger partial charge in [-0.3, -0.25) is 0 Å². The quantitative estimate of drug-likeness (QED) is 0.124. The SMILES string of the molecule is Cc1cc(-c2[c-]cccc2)ncc1[Si](C)(C)C.[2H]C([2H])(C)c1cc2sc3c(-c4cc(C([2H])([2H])C([2H])([2H])[2H])ccn4)[c-]ccc3c2cc1C(C)C.[Ir]. The third kappa shape index (κ3) is 7.29. The summed E-state index contributed by atoms with van der Waals surface area (Å²) in [6.07, 6.45) is -0.505. The normalized spacial score (nSPS) is 14.7. The summed E-state index contributed by atoms with van der Waals surface area (Å²) in [5.41, 5.74) is 6.25. The monoisotopic (exact) mass is 798 g/mol. The molecule has 0 aliphatic rings. The number of rotatable bonds is 6. The van der Waals surface area contributed by atoms with Gasteiger partial charge in [0.2, 0.25) is 0 Å². The maximum atomic E-state index is 8.30. The van der Waals surface area contributed by atoms with Crippen LogP contribution in [0.5, 0.6) is 0 Å². The van der Waals surface area contributed by atoms with Crippen molar-refractivity contribution in [2.45, 2.75) is 72.9 Å². The second-order valence-electron chi connectivity index (χ2n) is 12.0. The van der Waals surface area contributed by atoms with E-state index in [-0.39, 0.29) is 31.6 Å². The predicted octanol–water partition coefficient (Wildman–Crippen LogP) is 10.6. The molecular weight excluding hydrogens is 749 g/mol. The van der Waals surface area contributed by atoms with E-state index in [1.54, 1.807) is 13.0 Å². The fraction of sp³-hybridized carbons (Fsp3) is 0.282. The number of benzene rings is 3.